The summed E-state index contributed by atoms with van der Waals surface area (Å²) < 4.78 is 0. The molecule has 144 valence electrons. The lowest BCUT2D eigenvalue weighted by molar-refractivity contribution is -0.135. The average Bonchev–Trinajstić information content (AvgIpc) is 2.94. The third-order valence-electron chi connectivity index (χ3n) is 4.66. The molecule has 3 N–H and O–H groups in total. The molecule has 2 fully saturated rings. The van der Waals surface area contributed by atoms with E-state index >= 15 is 0 Å². The minimum atomic E-state index is -0.802. The maximum atomic E-state index is 12.3. The summed E-state index contributed by atoms with van der Waals surface area (Å²) in [5, 5.41) is 7.40. The number of benzene rings is 1. The van der Waals surface area contributed by atoms with Gasteiger partial charge >= 0.3 is 6.03 Å². The van der Waals surface area contributed by atoms with Crippen molar-refractivity contribution in [3.05, 3.63) is 29.8 Å². The van der Waals surface area contributed by atoms with Crippen molar-refractivity contribution in [3.63, 3.8) is 0 Å². The zero-order valence-corrected chi connectivity index (χ0v) is 15.2. The van der Waals surface area contributed by atoms with Crippen molar-refractivity contribution in [2.75, 3.05) is 38.0 Å². The summed E-state index contributed by atoms with van der Waals surface area (Å²) in [5.74, 6) is -0.746. The molecule has 1 aromatic rings. The molecule has 5 amide bonds. The summed E-state index contributed by atoms with van der Waals surface area (Å²) in [7, 11) is 0. The van der Waals surface area contributed by atoms with Crippen LogP contribution in [0.15, 0.2) is 24.3 Å². The van der Waals surface area contributed by atoms with Crippen LogP contribution in [0.4, 0.5) is 10.5 Å². The maximum absolute atomic E-state index is 12.3. The molecule has 0 aromatic heterocycles. The van der Waals surface area contributed by atoms with Crippen molar-refractivity contribution in [2.24, 2.45) is 0 Å². The highest BCUT2D eigenvalue weighted by molar-refractivity contribution is 6.05. The molecular weight excluding hydrogens is 350 g/mol. The number of piperazine rings is 1. The number of aryl methyl sites for hydroxylation is 1. The van der Waals surface area contributed by atoms with E-state index in [0.717, 1.165) is 11.3 Å². The maximum Gasteiger partial charge on any atom is 0.322 e. The van der Waals surface area contributed by atoms with Gasteiger partial charge in [0.25, 0.3) is 5.91 Å². The van der Waals surface area contributed by atoms with E-state index in [2.05, 4.69) is 16.0 Å². The van der Waals surface area contributed by atoms with Gasteiger partial charge in [0.1, 0.15) is 6.04 Å². The first-order chi connectivity index (χ1) is 12.9. The minimum Gasteiger partial charge on any atom is -0.340 e. The molecule has 2 aliphatic rings. The number of urea groups is 1. The molecule has 2 aliphatic heterocycles. The van der Waals surface area contributed by atoms with E-state index in [1.165, 1.54) is 0 Å². The lowest BCUT2D eigenvalue weighted by Crippen LogP contribution is -2.51. The Morgan fingerprint density at radius 1 is 1.11 bits per heavy atom. The highest BCUT2D eigenvalue weighted by Crippen LogP contribution is 2.10. The van der Waals surface area contributed by atoms with Gasteiger partial charge < -0.3 is 15.5 Å². The summed E-state index contributed by atoms with van der Waals surface area (Å²) in [6.07, 6.45) is -0.0501. The smallest absolute Gasteiger partial charge is 0.322 e. The van der Waals surface area contributed by atoms with Gasteiger partial charge in [0.05, 0.1) is 13.0 Å². The Kier molecular flexibility index (Phi) is 5.70. The summed E-state index contributed by atoms with van der Waals surface area (Å²) in [6.45, 7) is 4.38. The monoisotopic (exact) mass is 373 g/mol. The van der Waals surface area contributed by atoms with Gasteiger partial charge in [-0.1, -0.05) is 17.7 Å². The minimum absolute atomic E-state index is 0.0501. The van der Waals surface area contributed by atoms with Gasteiger partial charge in [-0.15, -0.1) is 0 Å². The number of rotatable bonds is 5. The van der Waals surface area contributed by atoms with E-state index in [1.807, 2.05) is 36.1 Å². The number of anilines is 1. The summed E-state index contributed by atoms with van der Waals surface area (Å²) in [5.41, 5.74) is 1.89. The third-order valence-corrected chi connectivity index (χ3v) is 4.66. The van der Waals surface area contributed by atoms with Gasteiger partial charge in [0, 0.05) is 31.9 Å². The zero-order chi connectivity index (χ0) is 19.4. The van der Waals surface area contributed by atoms with Crippen molar-refractivity contribution < 1.29 is 19.2 Å². The van der Waals surface area contributed by atoms with E-state index in [0.29, 0.717) is 26.2 Å². The second-order valence-electron chi connectivity index (χ2n) is 6.79. The number of carbonyl (C=O) groups excluding carboxylic acids is 4. The number of nitrogens with one attached hydrogen (secondary N) is 3. The Morgan fingerprint density at radius 2 is 1.78 bits per heavy atom. The van der Waals surface area contributed by atoms with Gasteiger partial charge in [0.15, 0.2) is 0 Å². The molecular formula is C18H23N5O4. The van der Waals surface area contributed by atoms with Crippen molar-refractivity contribution >= 4 is 29.4 Å². The average molecular weight is 373 g/mol. The lowest BCUT2D eigenvalue weighted by Gasteiger charge is -2.34. The van der Waals surface area contributed by atoms with E-state index in [9.17, 15) is 19.2 Å². The summed E-state index contributed by atoms with van der Waals surface area (Å²) >= 11 is 0. The van der Waals surface area contributed by atoms with Crippen LogP contribution in [-0.4, -0.2) is 72.3 Å². The van der Waals surface area contributed by atoms with Crippen LogP contribution in [0.3, 0.4) is 0 Å². The van der Waals surface area contributed by atoms with Crippen molar-refractivity contribution in [3.8, 4) is 0 Å². The first-order valence-electron chi connectivity index (χ1n) is 8.89. The fourth-order valence-corrected chi connectivity index (χ4v) is 3.10. The molecule has 0 unspecified atom stereocenters. The number of hydrogen-bond donors (Lipinski definition) is 3. The molecule has 27 heavy (non-hydrogen) atoms. The van der Waals surface area contributed by atoms with Crippen LogP contribution < -0.4 is 16.0 Å². The first kappa shape index (κ1) is 18.8. The third kappa shape index (κ3) is 5.04. The highest BCUT2D eigenvalue weighted by Gasteiger charge is 2.33. The number of hydrogen-bond acceptors (Lipinski definition) is 5. The van der Waals surface area contributed by atoms with Crippen molar-refractivity contribution in [1.82, 2.24) is 20.4 Å². The van der Waals surface area contributed by atoms with Crippen molar-refractivity contribution in [2.45, 2.75) is 19.4 Å². The molecule has 1 atom stereocenters. The van der Waals surface area contributed by atoms with Gasteiger partial charge in [-0.25, -0.2) is 4.79 Å². The van der Waals surface area contributed by atoms with Crippen LogP contribution in [0.1, 0.15) is 12.0 Å². The Labute approximate surface area is 157 Å². The van der Waals surface area contributed by atoms with Crippen LogP contribution in [0.2, 0.25) is 0 Å². The molecule has 0 spiro atoms. The van der Waals surface area contributed by atoms with Crippen LogP contribution in [0, 0.1) is 6.92 Å². The fourth-order valence-electron chi connectivity index (χ4n) is 3.10. The first-order valence-corrected chi connectivity index (χ1v) is 8.89. The van der Waals surface area contributed by atoms with E-state index in [-0.39, 0.29) is 24.8 Å². The molecule has 2 heterocycles. The molecule has 0 bridgehead atoms. The highest BCUT2D eigenvalue weighted by atomic mass is 16.2. The predicted octanol–water partition coefficient (Wildman–Crippen LogP) is -0.324. The molecule has 9 nitrogen and oxygen atoms in total. The molecule has 3 rings (SSSR count). The van der Waals surface area contributed by atoms with E-state index in [1.54, 1.807) is 4.90 Å². The number of nitrogens with zero attached hydrogens (tertiary/aromatic N) is 2. The van der Waals surface area contributed by atoms with E-state index in [4.69, 9.17) is 0 Å². The van der Waals surface area contributed by atoms with Crippen LogP contribution in [-0.2, 0) is 14.4 Å². The molecule has 1 aromatic carbocycles. The molecule has 0 saturated carbocycles. The van der Waals surface area contributed by atoms with Crippen LogP contribution >= 0.6 is 0 Å². The second-order valence-corrected chi connectivity index (χ2v) is 6.79. The SMILES string of the molecule is Cc1ccc(NC(=O)CN2CCN(C(=O)C[C@H]3NC(=O)NC3=O)CC2)cc1. The van der Waals surface area contributed by atoms with E-state index < -0.39 is 18.0 Å². The Morgan fingerprint density at radius 3 is 2.37 bits per heavy atom. The Hall–Kier alpha value is -2.94. The quantitative estimate of drug-likeness (QED) is 0.613. The largest absolute Gasteiger partial charge is 0.340 e. The number of carbonyl (C=O) groups is 4. The second kappa shape index (κ2) is 8.17. The fraction of sp³-hybridized carbons (Fsp3) is 0.444. The molecule has 0 aliphatic carbocycles. The standard InChI is InChI=1S/C18H23N5O4/c1-12-2-4-13(5-3-12)19-15(24)11-22-6-8-23(9-7-22)16(25)10-14-17(26)21-18(27)20-14/h2-5,14H,6-11H2,1H3,(H,19,24)(H2,20,21,26,27)/t14-/m1/s1. The molecule has 0 radical (unpaired) electrons. The lowest BCUT2D eigenvalue weighted by atomic mass is 10.1. The summed E-state index contributed by atoms with van der Waals surface area (Å²) in [6, 6.07) is 6.23. The Balaban J connectivity index is 1.41. The van der Waals surface area contributed by atoms with Gasteiger partial charge in [0.2, 0.25) is 11.8 Å². The van der Waals surface area contributed by atoms with Crippen LogP contribution in [0.25, 0.3) is 0 Å². The summed E-state index contributed by atoms with van der Waals surface area (Å²) in [4.78, 5) is 50.7. The van der Waals surface area contributed by atoms with Gasteiger partial charge in [-0.3, -0.25) is 24.6 Å². The molecule has 2 saturated heterocycles. The van der Waals surface area contributed by atoms with Crippen molar-refractivity contribution in [1.29, 1.82) is 0 Å². The van der Waals surface area contributed by atoms with Gasteiger partial charge in [-0.05, 0) is 19.1 Å². The number of amides is 5. The Bertz CT molecular complexity index is 741. The predicted molar refractivity (Wildman–Crippen MR) is 97.9 cm³/mol. The number of imide groups is 1. The molecule has 9 heteroatoms. The van der Waals surface area contributed by atoms with Gasteiger partial charge in [-0.2, -0.15) is 0 Å². The van der Waals surface area contributed by atoms with Crippen LogP contribution in [0.5, 0.6) is 0 Å². The normalized spacial score (nSPS) is 20.2. The zero-order valence-electron chi connectivity index (χ0n) is 15.2. The topological polar surface area (TPSA) is 111 Å².